The molecule has 0 saturated carbocycles. The van der Waals surface area contributed by atoms with Crippen LogP contribution in [0.3, 0.4) is 0 Å². The van der Waals surface area contributed by atoms with Gasteiger partial charge >= 0.3 is 29.8 Å². The summed E-state index contributed by atoms with van der Waals surface area (Å²) in [6.07, 6.45) is -15.2. The fraction of sp³-hybridized carbons (Fsp3) is 0.455. The lowest BCUT2D eigenvalue weighted by Crippen LogP contribution is -2.67. The molecular weight excluding hydrogens is 866 g/mol. The van der Waals surface area contributed by atoms with Gasteiger partial charge in [0.2, 0.25) is 5.91 Å². The Morgan fingerprint density at radius 2 is 1.33 bits per heavy atom. The van der Waals surface area contributed by atoms with Crippen molar-refractivity contribution < 1.29 is 85.6 Å². The topological polar surface area (TPSA) is 225 Å². The van der Waals surface area contributed by atoms with Gasteiger partial charge in [-0.1, -0.05) is 48.0 Å². The first-order chi connectivity index (χ1) is 30.6. The zero-order chi connectivity index (χ0) is 46.1. The summed E-state index contributed by atoms with van der Waals surface area (Å²) in [7, 11) is 1.47. The third kappa shape index (κ3) is 12.3. The van der Waals surface area contributed by atoms with Crippen LogP contribution in [0, 0.1) is 0 Å². The van der Waals surface area contributed by atoms with E-state index in [0.717, 1.165) is 27.7 Å². The van der Waals surface area contributed by atoms with E-state index in [9.17, 15) is 28.8 Å². The summed E-state index contributed by atoms with van der Waals surface area (Å²) in [5, 5.41) is 2.88. The zero-order valence-corrected chi connectivity index (χ0v) is 36.4. The van der Waals surface area contributed by atoms with E-state index in [1.807, 2.05) is 6.07 Å². The number of carbonyl (C=O) groups excluding carboxylic acids is 6. The van der Waals surface area contributed by atoms with E-state index in [-0.39, 0.29) is 29.7 Å². The highest BCUT2D eigenvalue weighted by atomic mass is 35.5. The third-order valence-corrected chi connectivity index (χ3v) is 10.2. The summed E-state index contributed by atoms with van der Waals surface area (Å²) >= 11 is 6.29. The first kappa shape index (κ1) is 47.8. The number of hydrogen-bond donors (Lipinski definition) is 1. The molecule has 0 radical (unpaired) electrons. The van der Waals surface area contributed by atoms with Crippen LogP contribution in [0.15, 0.2) is 72.8 Å². The van der Waals surface area contributed by atoms with E-state index < -0.39 is 104 Å². The highest BCUT2D eigenvalue weighted by molar-refractivity contribution is 6.33. The van der Waals surface area contributed by atoms with Gasteiger partial charge in [-0.2, -0.15) is 0 Å². The number of esters is 5. The predicted molar refractivity (Wildman–Crippen MR) is 218 cm³/mol. The summed E-state index contributed by atoms with van der Waals surface area (Å²) in [6, 6.07) is 19.7. The van der Waals surface area contributed by atoms with Crippen LogP contribution in [0.5, 0.6) is 5.75 Å². The molecule has 3 aromatic carbocycles. The van der Waals surface area contributed by atoms with E-state index in [1.54, 1.807) is 48.5 Å². The maximum Gasteiger partial charge on any atom is 0.338 e. The van der Waals surface area contributed by atoms with Gasteiger partial charge in [0.25, 0.3) is 0 Å². The molecule has 0 aliphatic carbocycles. The first-order valence-corrected chi connectivity index (χ1v) is 20.4. The van der Waals surface area contributed by atoms with Crippen LogP contribution in [-0.4, -0.2) is 117 Å². The van der Waals surface area contributed by atoms with E-state index in [2.05, 4.69) is 5.32 Å². The maximum atomic E-state index is 13.4. The van der Waals surface area contributed by atoms with Crippen LogP contribution >= 0.6 is 11.6 Å². The lowest BCUT2D eigenvalue weighted by Gasteiger charge is -2.50. The Labute approximate surface area is 372 Å². The van der Waals surface area contributed by atoms with Crippen molar-refractivity contribution in [3.63, 3.8) is 0 Å². The molecule has 11 unspecified atom stereocenters. The lowest BCUT2D eigenvalue weighted by molar-refractivity contribution is -0.386. The molecule has 344 valence electrons. The van der Waals surface area contributed by atoms with Gasteiger partial charge in [0.05, 0.1) is 36.6 Å². The molecule has 1 N–H and O–H groups in total. The zero-order valence-electron chi connectivity index (χ0n) is 35.6. The number of methoxy groups -OCH3 is 1. The average Bonchev–Trinajstić information content (AvgIpc) is 3.25. The van der Waals surface area contributed by atoms with Crippen molar-refractivity contribution >= 4 is 53.0 Å². The minimum absolute atomic E-state index is 0.119. The van der Waals surface area contributed by atoms with Gasteiger partial charge in [-0.05, 0) is 42.0 Å². The van der Waals surface area contributed by atoms with Crippen molar-refractivity contribution in [1.29, 1.82) is 0 Å². The van der Waals surface area contributed by atoms with Crippen molar-refractivity contribution in [2.75, 3.05) is 25.6 Å². The summed E-state index contributed by atoms with van der Waals surface area (Å²) in [6.45, 7) is 4.85. The Morgan fingerprint density at radius 3 is 1.95 bits per heavy atom. The Balaban J connectivity index is 1.36. The molecule has 6 rings (SSSR count). The molecule has 3 heterocycles. The Kier molecular flexibility index (Phi) is 16.3. The van der Waals surface area contributed by atoms with Gasteiger partial charge in [0.15, 0.2) is 43.3 Å². The molecule has 3 aliphatic heterocycles. The fourth-order valence-electron chi connectivity index (χ4n) is 7.28. The van der Waals surface area contributed by atoms with Crippen LogP contribution in [-0.2, 0) is 82.7 Å². The molecule has 1 amide bonds. The van der Waals surface area contributed by atoms with Gasteiger partial charge in [0.1, 0.15) is 36.8 Å². The van der Waals surface area contributed by atoms with Crippen molar-refractivity contribution in [2.45, 2.75) is 109 Å². The molecule has 3 fully saturated rings. The Hall–Kier alpha value is -5.67. The number of anilines is 1. The highest BCUT2D eigenvalue weighted by Crippen LogP contribution is 2.39. The monoisotopic (exact) mass is 913 g/mol. The lowest BCUT2D eigenvalue weighted by atomic mass is 9.95. The SMILES string of the molecule is COc1ccc(C(=O)OCC2OC(OCc3ccc(Cl)c(NC(C)=O)c3)C(OC(C)=O)C(OC(C)=O)C2OC2OC3COC(c4ccccc4)OC3C(OC(C)=O)C2OC(C)=O)cc1. The van der Waals surface area contributed by atoms with E-state index in [4.69, 9.17) is 68.4 Å². The normalized spacial score (nSPS) is 27.5. The number of fused-ring (bicyclic) bond motifs is 1. The van der Waals surface area contributed by atoms with Crippen LogP contribution in [0.25, 0.3) is 0 Å². The van der Waals surface area contributed by atoms with Crippen LogP contribution < -0.4 is 10.1 Å². The van der Waals surface area contributed by atoms with Crippen molar-refractivity contribution in [1.82, 2.24) is 0 Å². The van der Waals surface area contributed by atoms with Crippen LogP contribution in [0.2, 0.25) is 5.02 Å². The number of benzene rings is 3. The summed E-state index contributed by atoms with van der Waals surface area (Å²) < 4.78 is 71.8. The average molecular weight is 914 g/mol. The molecule has 3 aliphatic rings. The van der Waals surface area contributed by atoms with Gasteiger partial charge in [0, 0.05) is 40.2 Å². The van der Waals surface area contributed by atoms with Crippen LogP contribution in [0.4, 0.5) is 5.69 Å². The van der Waals surface area contributed by atoms with Crippen molar-refractivity contribution in [2.24, 2.45) is 0 Å². The summed E-state index contributed by atoms with van der Waals surface area (Å²) in [5.41, 5.74) is 1.57. The second kappa shape index (κ2) is 21.8. The largest absolute Gasteiger partial charge is 0.497 e. The molecule has 19 nitrogen and oxygen atoms in total. The first-order valence-electron chi connectivity index (χ1n) is 20.1. The number of carbonyl (C=O) groups is 6. The van der Waals surface area contributed by atoms with Crippen molar-refractivity contribution in [3.8, 4) is 5.75 Å². The predicted octanol–water partition coefficient (Wildman–Crippen LogP) is 4.36. The number of hydrogen-bond acceptors (Lipinski definition) is 18. The fourth-order valence-corrected chi connectivity index (χ4v) is 7.45. The molecule has 3 aromatic rings. The van der Waals surface area contributed by atoms with Crippen molar-refractivity contribution in [3.05, 3.63) is 94.5 Å². The number of ether oxygens (including phenoxy) is 12. The maximum absolute atomic E-state index is 13.4. The van der Waals surface area contributed by atoms with Gasteiger partial charge < -0.3 is 62.2 Å². The molecular formula is C44H48ClNO18. The molecule has 64 heavy (non-hydrogen) atoms. The highest BCUT2D eigenvalue weighted by Gasteiger charge is 2.58. The molecule has 0 aromatic heterocycles. The quantitative estimate of drug-likeness (QED) is 0.165. The second-order valence-corrected chi connectivity index (χ2v) is 15.2. The van der Waals surface area contributed by atoms with Crippen LogP contribution in [0.1, 0.15) is 62.4 Å². The minimum Gasteiger partial charge on any atom is -0.497 e. The summed E-state index contributed by atoms with van der Waals surface area (Å²) in [4.78, 5) is 76.4. The second-order valence-electron chi connectivity index (χ2n) is 14.8. The molecule has 0 bridgehead atoms. The smallest absolute Gasteiger partial charge is 0.338 e. The van der Waals surface area contributed by atoms with Gasteiger partial charge in [-0.15, -0.1) is 0 Å². The number of rotatable bonds is 15. The molecule has 20 heteroatoms. The molecule has 11 atom stereocenters. The number of halogens is 1. The number of nitrogens with one attached hydrogen (secondary N) is 1. The summed E-state index contributed by atoms with van der Waals surface area (Å²) in [5.74, 6) is -3.95. The minimum atomic E-state index is -1.65. The standard InChI is InChI=1S/C44H48ClNO18/c1-22(47)46-32-18-27(12-17-31(32)45)19-55-43-39(59-25(4)50)37(57-23(2)48)36(33(61-43)20-54-41(52)28-13-15-30(53-6)16-14-28)64-44-40(60-26(5)51)38(58-24(3)49)35-34(62-44)21-56-42(63-35)29-10-8-7-9-11-29/h7-18,33-40,42-44H,19-21H2,1-6H3,(H,46,47). The molecule has 3 saturated heterocycles. The Bertz CT molecular complexity index is 2140. The van der Waals surface area contributed by atoms with Gasteiger partial charge in [-0.25, -0.2) is 4.79 Å². The molecule has 0 spiro atoms. The van der Waals surface area contributed by atoms with E-state index >= 15 is 0 Å². The van der Waals surface area contributed by atoms with E-state index in [1.165, 1.54) is 32.2 Å². The Morgan fingerprint density at radius 1 is 0.703 bits per heavy atom. The number of amides is 1. The van der Waals surface area contributed by atoms with E-state index in [0.29, 0.717) is 22.6 Å². The third-order valence-electron chi connectivity index (χ3n) is 9.91. The van der Waals surface area contributed by atoms with Gasteiger partial charge in [-0.3, -0.25) is 24.0 Å².